The highest BCUT2D eigenvalue weighted by Gasteiger charge is 2.79. The lowest BCUT2D eigenvalue weighted by Gasteiger charge is -2.50. The molecule has 1 nitrogen and oxygen atoms in total. The molecule has 2 bridgehead atoms. The van der Waals surface area contributed by atoms with Crippen LogP contribution in [0.3, 0.4) is 0 Å². The van der Waals surface area contributed by atoms with Gasteiger partial charge in [-0.3, -0.25) is 0 Å². The molecule has 4 aliphatic rings. The molecule has 0 radical (unpaired) electrons. The summed E-state index contributed by atoms with van der Waals surface area (Å²) in [6.45, 7) is 3.99. The molecule has 3 aliphatic carbocycles. The number of fused-ring (bicyclic) bond motifs is 2. The third-order valence-electron chi connectivity index (χ3n) is 6.85. The highest BCUT2D eigenvalue weighted by molar-refractivity contribution is 7.99. The molecule has 1 heterocycles. The lowest BCUT2D eigenvalue weighted by molar-refractivity contribution is 0.222. The minimum Gasteiger partial charge on any atom is -0.508 e. The molecule has 110 valence electrons. The van der Waals surface area contributed by atoms with Crippen molar-refractivity contribution in [3.63, 3.8) is 0 Å². The largest absolute Gasteiger partial charge is 0.508 e. The standard InChI is InChI=1S/C19H22OS/c1-2-9-21-12-19-11-18(8-4-3-5-15(18)17(19)21)16-10-13(20)6-7-14(16)19/h2,6-7,10,15,17H,1,3-5,8-9,11-12H2/p+1/t15-,17?,18-,19?,21?/m0/s1. The number of aromatic hydroxyl groups is 1. The van der Waals surface area contributed by atoms with Crippen LogP contribution in [0.15, 0.2) is 30.9 Å². The summed E-state index contributed by atoms with van der Waals surface area (Å²) in [5.41, 5.74) is 4.03. The van der Waals surface area contributed by atoms with Crippen LogP contribution in [0.1, 0.15) is 43.2 Å². The highest BCUT2D eigenvalue weighted by atomic mass is 32.2. The Bertz CT molecular complexity index is 638. The van der Waals surface area contributed by atoms with E-state index in [2.05, 4.69) is 24.8 Å². The molecule has 21 heavy (non-hydrogen) atoms. The second-order valence-electron chi connectivity index (χ2n) is 7.63. The first-order valence-electron chi connectivity index (χ1n) is 8.32. The van der Waals surface area contributed by atoms with Crippen molar-refractivity contribution in [3.8, 4) is 5.75 Å². The minimum atomic E-state index is 0.417. The second-order valence-corrected chi connectivity index (χ2v) is 9.83. The van der Waals surface area contributed by atoms with Gasteiger partial charge in [0, 0.05) is 11.3 Å². The van der Waals surface area contributed by atoms with Gasteiger partial charge in [-0.15, -0.1) is 0 Å². The fourth-order valence-corrected chi connectivity index (χ4v) is 9.83. The predicted octanol–water partition coefficient (Wildman–Crippen LogP) is 3.66. The molecule has 0 amide bonds. The molecule has 1 saturated heterocycles. The van der Waals surface area contributed by atoms with Gasteiger partial charge in [-0.05, 0) is 59.5 Å². The smallest absolute Gasteiger partial charge is 0.136 e. The van der Waals surface area contributed by atoms with E-state index in [0.29, 0.717) is 27.5 Å². The van der Waals surface area contributed by atoms with Crippen LogP contribution in [0.2, 0.25) is 0 Å². The first-order chi connectivity index (χ1) is 10.2. The summed E-state index contributed by atoms with van der Waals surface area (Å²) in [5.74, 6) is 3.97. The van der Waals surface area contributed by atoms with Gasteiger partial charge in [0.15, 0.2) is 0 Å². The Morgan fingerprint density at radius 3 is 3.05 bits per heavy atom. The zero-order chi connectivity index (χ0) is 14.2. The fourth-order valence-electron chi connectivity index (χ4n) is 6.43. The minimum absolute atomic E-state index is 0.417. The Balaban J connectivity index is 1.69. The number of benzene rings is 1. The van der Waals surface area contributed by atoms with E-state index in [1.807, 2.05) is 6.07 Å². The van der Waals surface area contributed by atoms with E-state index in [4.69, 9.17) is 0 Å². The van der Waals surface area contributed by atoms with E-state index < -0.39 is 0 Å². The van der Waals surface area contributed by atoms with Crippen molar-refractivity contribution in [2.75, 3.05) is 11.5 Å². The average Bonchev–Trinajstić information content (AvgIpc) is 2.87. The highest BCUT2D eigenvalue weighted by Crippen LogP contribution is 2.73. The topological polar surface area (TPSA) is 20.2 Å². The zero-order valence-electron chi connectivity index (χ0n) is 12.5. The molecular weight excluding hydrogens is 276 g/mol. The van der Waals surface area contributed by atoms with Crippen LogP contribution < -0.4 is 0 Å². The maximum Gasteiger partial charge on any atom is 0.136 e. The van der Waals surface area contributed by atoms with Crippen molar-refractivity contribution in [2.45, 2.75) is 48.2 Å². The quantitative estimate of drug-likeness (QED) is 0.653. The van der Waals surface area contributed by atoms with Gasteiger partial charge in [0.2, 0.25) is 0 Å². The second kappa shape index (κ2) is 3.90. The molecule has 2 heteroatoms. The Morgan fingerprint density at radius 1 is 1.29 bits per heavy atom. The van der Waals surface area contributed by atoms with Crippen molar-refractivity contribution in [1.29, 1.82) is 0 Å². The molecule has 5 atom stereocenters. The van der Waals surface area contributed by atoms with Crippen molar-refractivity contribution in [3.05, 3.63) is 42.0 Å². The monoisotopic (exact) mass is 299 g/mol. The Kier molecular flexibility index (Phi) is 2.34. The van der Waals surface area contributed by atoms with Crippen molar-refractivity contribution in [2.24, 2.45) is 5.92 Å². The number of phenolic OH excluding ortho intramolecular Hbond substituents is 1. The molecular formula is C19H23OS+. The van der Waals surface area contributed by atoms with Crippen molar-refractivity contribution < 1.29 is 5.11 Å². The number of rotatable bonds is 2. The lowest BCUT2D eigenvalue weighted by Crippen LogP contribution is -2.62. The molecule has 3 fully saturated rings. The van der Waals surface area contributed by atoms with Crippen molar-refractivity contribution >= 4 is 10.9 Å². The van der Waals surface area contributed by atoms with E-state index in [9.17, 15) is 5.11 Å². The summed E-state index contributed by atoms with van der Waals surface area (Å²) in [6, 6.07) is 6.29. The molecule has 1 aromatic rings. The van der Waals surface area contributed by atoms with Crippen LogP contribution in [-0.2, 0) is 21.7 Å². The molecule has 2 saturated carbocycles. The molecule has 2 spiro atoms. The summed E-state index contributed by atoms with van der Waals surface area (Å²) < 4.78 is 0. The van der Waals surface area contributed by atoms with Gasteiger partial charge in [0.05, 0.1) is 5.41 Å². The Labute approximate surface area is 129 Å². The average molecular weight is 299 g/mol. The lowest BCUT2D eigenvalue weighted by atomic mass is 9.63. The van der Waals surface area contributed by atoms with Gasteiger partial charge in [-0.25, -0.2) is 0 Å². The van der Waals surface area contributed by atoms with E-state index in [-0.39, 0.29) is 0 Å². The van der Waals surface area contributed by atoms with E-state index >= 15 is 0 Å². The third-order valence-corrected chi connectivity index (χ3v) is 9.90. The van der Waals surface area contributed by atoms with E-state index in [1.54, 1.807) is 5.56 Å². The molecule has 1 N–H and O–H groups in total. The fraction of sp³-hybridized carbons (Fsp3) is 0.579. The normalized spacial score (nSPS) is 45.4. The van der Waals surface area contributed by atoms with Gasteiger partial charge < -0.3 is 5.11 Å². The summed E-state index contributed by atoms with van der Waals surface area (Å²) in [6.07, 6.45) is 9.10. The molecule has 1 aromatic carbocycles. The molecule has 3 unspecified atom stereocenters. The van der Waals surface area contributed by atoms with E-state index in [1.165, 1.54) is 49.2 Å². The van der Waals surface area contributed by atoms with Crippen LogP contribution in [0, 0.1) is 5.92 Å². The van der Waals surface area contributed by atoms with Crippen LogP contribution in [0.5, 0.6) is 5.75 Å². The first kappa shape index (κ1) is 12.6. The number of hydrogen-bond acceptors (Lipinski definition) is 1. The third kappa shape index (κ3) is 1.28. The molecule has 0 aromatic heterocycles. The number of phenols is 1. The molecule has 1 aliphatic heterocycles. The van der Waals surface area contributed by atoms with Gasteiger partial charge in [-0.2, -0.15) is 0 Å². The predicted molar refractivity (Wildman–Crippen MR) is 89.1 cm³/mol. The summed E-state index contributed by atoms with van der Waals surface area (Å²) >= 11 is 0. The maximum atomic E-state index is 10.0. The van der Waals surface area contributed by atoms with Gasteiger partial charge in [0.25, 0.3) is 0 Å². The van der Waals surface area contributed by atoms with Crippen LogP contribution in [-0.4, -0.2) is 21.9 Å². The summed E-state index contributed by atoms with van der Waals surface area (Å²) in [4.78, 5) is 0. The van der Waals surface area contributed by atoms with Crippen LogP contribution >= 0.6 is 0 Å². The summed E-state index contributed by atoms with van der Waals surface area (Å²) in [5, 5.41) is 10.9. The first-order valence-corrected chi connectivity index (χ1v) is 9.95. The van der Waals surface area contributed by atoms with E-state index in [0.717, 1.165) is 11.2 Å². The van der Waals surface area contributed by atoms with Crippen molar-refractivity contribution in [1.82, 2.24) is 0 Å². The summed E-state index contributed by atoms with van der Waals surface area (Å²) in [7, 11) is 0.573. The molecule has 5 rings (SSSR count). The Hall–Kier alpha value is -0.890. The van der Waals surface area contributed by atoms with Crippen LogP contribution in [0.4, 0.5) is 0 Å². The van der Waals surface area contributed by atoms with Gasteiger partial charge >= 0.3 is 0 Å². The van der Waals surface area contributed by atoms with Gasteiger partial charge in [-0.1, -0.05) is 25.5 Å². The van der Waals surface area contributed by atoms with Gasteiger partial charge in [0.1, 0.15) is 22.5 Å². The SMILES string of the molecule is C=CC[S+]1CC23C[C@]4(CCCC[C@H]4C12)c1cc(O)ccc13. The number of hydrogen-bond donors (Lipinski definition) is 1. The zero-order valence-corrected chi connectivity index (χ0v) is 13.3. The van der Waals surface area contributed by atoms with Crippen LogP contribution in [0.25, 0.3) is 0 Å². The Morgan fingerprint density at radius 2 is 2.19 bits per heavy atom. The maximum absolute atomic E-state index is 10.0.